The van der Waals surface area contributed by atoms with Crippen LogP contribution in [0.15, 0.2) is 42.6 Å². The average molecular weight is 393 g/mol. The molecule has 1 atom stereocenters. The van der Waals surface area contributed by atoms with Crippen molar-refractivity contribution in [3.8, 4) is 11.6 Å². The summed E-state index contributed by atoms with van der Waals surface area (Å²) in [5.74, 6) is 0.139. The Morgan fingerprint density at radius 3 is 2.58 bits per heavy atom. The van der Waals surface area contributed by atoms with Crippen molar-refractivity contribution < 1.29 is 19.0 Å². The van der Waals surface area contributed by atoms with Crippen LogP contribution >= 0.6 is 23.2 Å². The van der Waals surface area contributed by atoms with Gasteiger partial charge in [0, 0.05) is 12.1 Å². The van der Waals surface area contributed by atoms with Gasteiger partial charge in [-0.05, 0) is 35.9 Å². The van der Waals surface area contributed by atoms with Gasteiger partial charge in [-0.25, -0.2) is 14.8 Å². The number of hydrogen-bond acceptors (Lipinski definition) is 6. The summed E-state index contributed by atoms with van der Waals surface area (Å²) in [7, 11) is 2.70. The number of hydrogen-bond donors (Lipinski definition) is 0. The Hall–Kier alpha value is -2.41. The molecule has 3 aromatic rings. The molecule has 0 spiro atoms. The van der Waals surface area contributed by atoms with E-state index in [0.717, 1.165) is 0 Å². The standard InChI is InChI=1S/C18H14Cl2N2O4/c1-24-17(18(23)25-2)10-3-6-15(12(20)7-10)26-16-9-21-14-8-11(19)4-5-13(14)22-16/h3-9,17H,1-2H3. The van der Waals surface area contributed by atoms with Crippen molar-refractivity contribution in [1.29, 1.82) is 0 Å². The molecule has 0 saturated carbocycles. The van der Waals surface area contributed by atoms with E-state index in [-0.39, 0.29) is 5.88 Å². The molecule has 0 aliphatic carbocycles. The lowest BCUT2D eigenvalue weighted by Gasteiger charge is -2.14. The van der Waals surface area contributed by atoms with Crippen LogP contribution in [0.4, 0.5) is 0 Å². The maximum absolute atomic E-state index is 11.7. The van der Waals surface area contributed by atoms with E-state index >= 15 is 0 Å². The van der Waals surface area contributed by atoms with E-state index < -0.39 is 12.1 Å². The predicted octanol–water partition coefficient (Wildman–Crippen LogP) is 4.59. The van der Waals surface area contributed by atoms with Crippen molar-refractivity contribution in [2.24, 2.45) is 0 Å². The van der Waals surface area contributed by atoms with Crippen LogP contribution in [0.25, 0.3) is 11.0 Å². The van der Waals surface area contributed by atoms with Gasteiger partial charge in [-0.3, -0.25) is 0 Å². The fourth-order valence-corrected chi connectivity index (χ4v) is 2.76. The van der Waals surface area contributed by atoms with E-state index in [2.05, 4.69) is 9.97 Å². The molecule has 0 N–H and O–H groups in total. The fraction of sp³-hybridized carbons (Fsp3) is 0.167. The van der Waals surface area contributed by atoms with Crippen molar-refractivity contribution in [3.63, 3.8) is 0 Å². The van der Waals surface area contributed by atoms with Gasteiger partial charge in [0.1, 0.15) is 5.75 Å². The third-order valence-corrected chi connectivity index (χ3v) is 4.14. The van der Waals surface area contributed by atoms with Crippen LogP contribution in [0.1, 0.15) is 11.7 Å². The number of rotatable bonds is 5. The fourth-order valence-electron chi connectivity index (χ4n) is 2.37. The lowest BCUT2D eigenvalue weighted by atomic mass is 10.1. The zero-order valence-corrected chi connectivity index (χ0v) is 15.4. The molecule has 8 heteroatoms. The third kappa shape index (κ3) is 3.88. The Labute approximate surface area is 159 Å². The van der Waals surface area contributed by atoms with Crippen molar-refractivity contribution in [2.75, 3.05) is 14.2 Å². The van der Waals surface area contributed by atoms with Crippen LogP contribution in [0.2, 0.25) is 10.0 Å². The molecule has 0 fully saturated rings. The van der Waals surface area contributed by atoms with Gasteiger partial charge < -0.3 is 14.2 Å². The first-order chi connectivity index (χ1) is 12.5. The maximum atomic E-state index is 11.7. The molecule has 1 unspecified atom stereocenters. The van der Waals surface area contributed by atoms with Crippen LogP contribution in [0, 0.1) is 0 Å². The summed E-state index contributed by atoms with van der Waals surface area (Å²) in [6.07, 6.45) is 0.617. The highest BCUT2D eigenvalue weighted by atomic mass is 35.5. The second-order valence-corrected chi connectivity index (χ2v) is 6.12. The van der Waals surface area contributed by atoms with Gasteiger partial charge >= 0.3 is 5.97 Å². The molecule has 0 aliphatic heterocycles. The highest BCUT2D eigenvalue weighted by molar-refractivity contribution is 6.32. The Morgan fingerprint density at radius 2 is 1.88 bits per heavy atom. The van der Waals surface area contributed by atoms with E-state index in [0.29, 0.717) is 32.4 Å². The zero-order chi connectivity index (χ0) is 18.7. The molecule has 0 bridgehead atoms. The van der Waals surface area contributed by atoms with Gasteiger partial charge in [0.2, 0.25) is 5.88 Å². The number of carbonyl (C=O) groups is 1. The highest BCUT2D eigenvalue weighted by Crippen LogP contribution is 2.32. The first-order valence-corrected chi connectivity index (χ1v) is 8.27. The molecule has 134 valence electrons. The zero-order valence-electron chi connectivity index (χ0n) is 13.9. The van der Waals surface area contributed by atoms with Gasteiger partial charge in [0.15, 0.2) is 6.10 Å². The summed E-state index contributed by atoms with van der Waals surface area (Å²) in [5.41, 5.74) is 1.85. The lowest BCUT2D eigenvalue weighted by Crippen LogP contribution is -2.16. The molecule has 0 amide bonds. The summed E-state index contributed by atoms with van der Waals surface area (Å²) in [6.45, 7) is 0. The molecular weight excluding hydrogens is 379 g/mol. The second kappa shape index (κ2) is 7.86. The minimum absolute atomic E-state index is 0.283. The number of aromatic nitrogens is 2. The Bertz CT molecular complexity index is 965. The molecule has 3 rings (SSSR count). The summed E-state index contributed by atoms with van der Waals surface area (Å²) in [6, 6.07) is 10.1. The minimum atomic E-state index is -0.864. The topological polar surface area (TPSA) is 70.5 Å². The predicted molar refractivity (Wildman–Crippen MR) is 97.8 cm³/mol. The number of methoxy groups -OCH3 is 2. The first kappa shape index (κ1) is 18.4. The Balaban J connectivity index is 1.86. The van der Waals surface area contributed by atoms with Gasteiger partial charge in [-0.1, -0.05) is 29.3 Å². The molecule has 0 saturated heterocycles. The minimum Gasteiger partial charge on any atom is -0.467 e. The largest absolute Gasteiger partial charge is 0.467 e. The number of benzene rings is 2. The Kier molecular flexibility index (Phi) is 5.56. The van der Waals surface area contributed by atoms with Crippen molar-refractivity contribution in [1.82, 2.24) is 9.97 Å². The summed E-state index contributed by atoms with van der Waals surface area (Å²) < 4.78 is 15.6. The van der Waals surface area contributed by atoms with E-state index in [4.69, 9.17) is 37.4 Å². The number of nitrogens with zero attached hydrogens (tertiary/aromatic N) is 2. The van der Waals surface area contributed by atoms with E-state index in [1.54, 1.807) is 36.4 Å². The average Bonchev–Trinajstić information content (AvgIpc) is 2.64. The molecular formula is C18H14Cl2N2O4. The lowest BCUT2D eigenvalue weighted by molar-refractivity contribution is -0.152. The number of halogens is 2. The van der Waals surface area contributed by atoms with Crippen LogP contribution in [0.3, 0.4) is 0 Å². The summed E-state index contributed by atoms with van der Waals surface area (Å²) in [5, 5.41) is 0.879. The number of carbonyl (C=O) groups excluding carboxylic acids is 1. The SMILES string of the molecule is COC(=O)C(OC)c1ccc(Oc2cnc3cc(Cl)ccc3n2)c(Cl)c1. The molecule has 0 aliphatic rings. The van der Waals surface area contributed by atoms with Gasteiger partial charge in [-0.2, -0.15) is 0 Å². The van der Waals surface area contributed by atoms with Crippen LogP contribution in [0.5, 0.6) is 11.6 Å². The molecule has 1 heterocycles. The quantitative estimate of drug-likeness (QED) is 0.591. The number of esters is 1. The van der Waals surface area contributed by atoms with Crippen LogP contribution in [-0.2, 0) is 14.3 Å². The van der Waals surface area contributed by atoms with Crippen molar-refractivity contribution >= 4 is 40.2 Å². The number of fused-ring (bicyclic) bond motifs is 1. The Morgan fingerprint density at radius 1 is 1.08 bits per heavy atom. The monoisotopic (exact) mass is 392 g/mol. The van der Waals surface area contributed by atoms with Crippen LogP contribution < -0.4 is 4.74 Å². The summed E-state index contributed by atoms with van der Waals surface area (Å²) >= 11 is 12.2. The van der Waals surface area contributed by atoms with Gasteiger partial charge in [0.25, 0.3) is 0 Å². The van der Waals surface area contributed by atoms with Crippen molar-refractivity contribution in [3.05, 3.63) is 58.2 Å². The molecule has 2 aromatic carbocycles. The van der Waals surface area contributed by atoms with Crippen LogP contribution in [-0.4, -0.2) is 30.2 Å². The normalized spacial score (nSPS) is 12.0. The highest BCUT2D eigenvalue weighted by Gasteiger charge is 2.22. The maximum Gasteiger partial charge on any atom is 0.339 e. The van der Waals surface area contributed by atoms with E-state index in [1.807, 2.05) is 0 Å². The second-order valence-electron chi connectivity index (χ2n) is 5.27. The molecule has 1 aromatic heterocycles. The smallest absolute Gasteiger partial charge is 0.339 e. The third-order valence-electron chi connectivity index (χ3n) is 3.61. The molecule has 0 radical (unpaired) electrons. The van der Waals surface area contributed by atoms with Crippen molar-refractivity contribution in [2.45, 2.75) is 6.10 Å². The van der Waals surface area contributed by atoms with Gasteiger partial charge in [0.05, 0.1) is 29.4 Å². The summed E-state index contributed by atoms with van der Waals surface area (Å²) in [4.78, 5) is 20.4. The van der Waals surface area contributed by atoms with E-state index in [1.165, 1.54) is 20.4 Å². The van der Waals surface area contributed by atoms with E-state index in [9.17, 15) is 4.79 Å². The number of ether oxygens (including phenoxy) is 3. The molecule has 6 nitrogen and oxygen atoms in total. The van der Waals surface area contributed by atoms with Gasteiger partial charge in [-0.15, -0.1) is 0 Å². The first-order valence-electron chi connectivity index (χ1n) is 7.52. The molecule has 26 heavy (non-hydrogen) atoms.